The lowest BCUT2D eigenvalue weighted by Gasteiger charge is -2.18. The quantitative estimate of drug-likeness (QED) is 0.790. The van der Waals surface area contributed by atoms with Crippen molar-refractivity contribution in [2.24, 2.45) is 0 Å². The third kappa shape index (κ3) is 1.66. The Labute approximate surface area is 110 Å². The van der Waals surface area contributed by atoms with Crippen LogP contribution < -0.4 is 4.74 Å². The molecule has 2 aromatic rings. The van der Waals surface area contributed by atoms with Crippen LogP contribution >= 0.6 is 11.6 Å². The second-order valence-electron chi connectivity index (χ2n) is 4.41. The molecule has 0 atom stereocenters. The normalized spacial score (nSPS) is 14.7. The molecule has 0 amide bonds. The molecule has 0 saturated heterocycles. The summed E-state index contributed by atoms with van der Waals surface area (Å²) in [6, 6.07) is 5.43. The van der Waals surface area contributed by atoms with Gasteiger partial charge in [0.25, 0.3) is 0 Å². The fourth-order valence-electron chi connectivity index (χ4n) is 2.49. The van der Waals surface area contributed by atoms with Crippen molar-refractivity contribution in [2.75, 3.05) is 7.11 Å². The number of methoxy groups -OCH3 is 1. The van der Waals surface area contributed by atoms with Crippen molar-refractivity contribution in [3.63, 3.8) is 0 Å². The van der Waals surface area contributed by atoms with Gasteiger partial charge in [-0.1, -0.05) is 11.6 Å². The zero-order valence-corrected chi connectivity index (χ0v) is 10.8. The number of carbonyl (C=O) groups is 1. The summed E-state index contributed by atoms with van der Waals surface area (Å²) in [6.45, 7) is 0. The number of halogens is 1. The van der Waals surface area contributed by atoms with E-state index in [9.17, 15) is 4.79 Å². The van der Waals surface area contributed by atoms with Gasteiger partial charge in [0.05, 0.1) is 12.6 Å². The number of nitrogens with zero attached hydrogens (tertiary/aromatic N) is 1. The Kier molecular flexibility index (Phi) is 2.71. The Bertz CT molecular complexity index is 652. The van der Waals surface area contributed by atoms with Crippen molar-refractivity contribution in [3.8, 4) is 5.75 Å². The number of aromatic nitrogens is 1. The summed E-state index contributed by atoms with van der Waals surface area (Å²) in [7, 11) is 1.62. The maximum absolute atomic E-state index is 11.9. The standard InChI is InChI=1S/C14H12ClNO2/c1-18-14-9-3-2-4-12(17)13(9)16-11-6-5-8(15)7-10(11)14/h5-7H,2-4H2,1H3. The van der Waals surface area contributed by atoms with E-state index in [0.29, 0.717) is 17.1 Å². The zero-order valence-electron chi connectivity index (χ0n) is 10.00. The average Bonchev–Trinajstić information content (AvgIpc) is 2.37. The summed E-state index contributed by atoms with van der Waals surface area (Å²) in [5, 5.41) is 1.52. The molecule has 18 heavy (non-hydrogen) atoms. The smallest absolute Gasteiger partial charge is 0.181 e. The molecule has 1 aliphatic rings. The van der Waals surface area contributed by atoms with Crippen LogP contribution in [0.2, 0.25) is 5.02 Å². The number of rotatable bonds is 1. The van der Waals surface area contributed by atoms with Gasteiger partial charge in [-0.15, -0.1) is 0 Å². The van der Waals surface area contributed by atoms with E-state index < -0.39 is 0 Å². The SMILES string of the molecule is COc1c2c(nc3ccc(Cl)cc13)C(=O)CCC2. The van der Waals surface area contributed by atoms with Gasteiger partial charge in [0.2, 0.25) is 0 Å². The van der Waals surface area contributed by atoms with Crippen molar-refractivity contribution in [1.29, 1.82) is 0 Å². The third-order valence-corrected chi connectivity index (χ3v) is 3.53. The summed E-state index contributed by atoms with van der Waals surface area (Å²) in [4.78, 5) is 16.4. The first kappa shape index (κ1) is 11.5. The van der Waals surface area contributed by atoms with Crippen LogP contribution in [-0.2, 0) is 6.42 Å². The second kappa shape index (κ2) is 4.25. The fourth-order valence-corrected chi connectivity index (χ4v) is 2.66. The van der Waals surface area contributed by atoms with Crippen LogP contribution in [0.3, 0.4) is 0 Å². The molecule has 0 spiro atoms. The maximum Gasteiger partial charge on any atom is 0.181 e. The average molecular weight is 262 g/mol. The molecular formula is C14H12ClNO2. The molecule has 0 aliphatic heterocycles. The molecular weight excluding hydrogens is 250 g/mol. The minimum Gasteiger partial charge on any atom is -0.496 e. The van der Waals surface area contributed by atoms with Gasteiger partial charge >= 0.3 is 0 Å². The highest BCUT2D eigenvalue weighted by atomic mass is 35.5. The molecule has 1 heterocycles. The van der Waals surface area contributed by atoms with Crippen molar-refractivity contribution < 1.29 is 9.53 Å². The number of fused-ring (bicyclic) bond motifs is 2. The van der Waals surface area contributed by atoms with Gasteiger partial charge < -0.3 is 4.74 Å². The Balaban J connectivity index is 2.39. The van der Waals surface area contributed by atoms with E-state index in [-0.39, 0.29) is 5.78 Å². The Morgan fingerprint density at radius 3 is 2.94 bits per heavy atom. The van der Waals surface area contributed by atoms with E-state index in [1.807, 2.05) is 12.1 Å². The highest BCUT2D eigenvalue weighted by Crippen LogP contribution is 2.35. The topological polar surface area (TPSA) is 39.2 Å². The van der Waals surface area contributed by atoms with Crippen LogP contribution in [0.5, 0.6) is 5.75 Å². The van der Waals surface area contributed by atoms with Crippen LogP contribution in [-0.4, -0.2) is 17.9 Å². The fraction of sp³-hybridized carbons (Fsp3) is 0.286. The first-order valence-electron chi connectivity index (χ1n) is 5.90. The molecule has 0 fully saturated rings. The summed E-state index contributed by atoms with van der Waals surface area (Å²) in [5.74, 6) is 0.844. The van der Waals surface area contributed by atoms with Gasteiger partial charge in [-0.2, -0.15) is 0 Å². The molecule has 92 valence electrons. The predicted molar refractivity (Wildman–Crippen MR) is 70.6 cm³/mol. The summed E-state index contributed by atoms with van der Waals surface area (Å²) < 4.78 is 5.48. The summed E-state index contributed by atoms with van der Waals surface area (Å²) in [6.07, 6.45) is 2.26. The molecule has 4 heteroatoms. The van der Waals surface area contributed by atoms with E-state index in [0.717, 1.165) is 35.1 Å². The number of carbonyl (C=O) groups excluding carboxylic acids is 1. The Morgan fingerprint density at radius 1 is 1.33 bits per heavy atom. The summed E-state index contributed by atoms with van der Waals surface area (Å²) >= 11 is 6.01. The molecule has 0 radical (unpaired) electrons. The second-order valence-corrected chi connectivity index (χ2v) is 4.85. The lowest BCUT2D eigenvalue weighted by Crippen LogP contribution is -2.14. The van der Waals surface area contributed by atoms with Gasteiger partial charge in [-0.25, -0.2) is 4.98 Å². The first-order valence-corrected chi connectivity index (χ1v) is 6.28. The Hall–Kier alpha value is -1.61. The van der Waals surface area contributed by atoms with Gasteiger partial charge in [0, 0.05) is 22.4 Å². The molecule has 1 aromatic heterocycles. The molecule has 1 aliphatic carbocycles. The van der Waals surface area contributed by atoms with Gasteiger partial charge in [-0.05, 0) is 31.0 Å². The summed E-state index contributed by atoms with van der Waals surface area (Å²) in [5.41, 5.74) is 2.24. The highest BCUT2D eigenvalue weighted by Gasteiger charge is 2.24. The van der Waals surface area contributed by atoms with Crippen molar-refractivity contribution >= 4 is 28.3 Å². The number of Topliss-reactive ketones (excluding diaryl/α,β-unsaturated/α-hetero) is 1. The number of pyridine rings is 1. The van der Waals surface area contributed by atoms with Crippen LogP contribution in [0.25, 0.3) is 10.9 Å². The lowest BCUT2D eigenvalue weighted by atomic mass is 9.92. The van der Waals surface area contributed by atoms with Crippen LogP contribution in [0.1, 0.15) is 28.9 Å². The van der Waals surface area contributed by atoms with Gasteiger partial charge in [0.15, 0.2) is 5.78 Å². The minimum absolute atomic E-state index is 0.103. The molecule has 0 bridgehead atoms. The number of hydrogen-bond donors (Lipinski definition) is 0. The first-order chi connectivity index (χ1) is 8.70. The van der Waals surface area contributed by atoms with Crippen LogP contribution in [0, 0.1) is 0 Å². The minimum atomic E-state index is 0.103. The number of benzene rings is 1. The molecule has 3 rings (SSSR count). The number of hydrogen-bond acceptors (Lipinski definition) is 3. The van der Waals surface area contributed by atoms with Crippen LogP contribution in [0.15, 0.2) is 18.2 Å². The number of ketones is 1. The van der Waals surface area contributed by atoms with E-state index in [2.05, 4.69) is 4.98 Å². The van der Waals surface area contributed by atoms with E-state index in [1.165, 1.54) is 0 Å². The molecule has 3 nitrogen and oxygen atoms in total. The van der Waals surface area contributed by atoms with E-state index in [4.69, 9.17) is 16.3 Å². The number of ether oxygens (including phenoxy) is 1. The highest BCUT2D eigenvalue weighted by molar-refractivity contribution is 6.31. The largest absolute Gasteiger partial charge is 0.496 e. The van der Waals surface area contributed by atoms with E-state index >= 15 is 0 Å². The molecule has 0 saturated carbocycles. The molecule has 0 unspecified atom stereocenters. The van der Waals surface area contributed by atoms with Crippen molar-refractivity contribution in [1.82, 2.24) is 4.98 Å². The van der Waals surface area contributed by atoms with Gasteiger partial charge in [-0.3, -0.25) is 4.79 Å². The zero-order chi connectivity index (χ0) is 12.7. The van der Waals surface area contributed by atoms with E-state index in [1.54, 1.807) is 13.2 Å². The predicted octanol–water partition coefficient (Wildman–Crippen LogP) is 3.42. The molecule has 0 N–H and O–H groups in total. The Morgan fingerprint density at radius 2 is 2.17 bits per heavy atom. The molecule has 1 aromatic carbocycles. The lowest BCUT2D eigenvalue weighted by molar-refractivity contribution is 0.0967. The monoisotopic (exact) mass is 261 g/mol. The third-order valence-electron chi connectivity index (χ3n) is 3.29. The van der Waals surface area contributed by atoms with Crippen molar-refractivity contribution in [2.45, 2.75) is 19.3 Å². The van der Waals surface area contributed by atoms with Gasteiger partial charge in [0.1, 0.15) is 11.4 Å². The maximum atomic E-state index is 11.9. The van der Waals surface area contributed by atoms with Crippen LogP contribution in [0.4, 0.5) is 0 Å². The van der Waals surface area contributed by atoms with Crippen molar-refractivity contribution in [3.05, 3.63) is 34.5 Å².